The largest absolute Gasteiger partial charge is 0.375 e. The molecule has 0 saturated heterocycles. The molecule has 0 fully saturated rings. The van der Waals surface area contributed by atoms with Crippen molar-refractivity contribution in [1.82, 2.24) is 9.88 Å². The second-order valence-corrected chi connectivity index (χ2v) is 5.69. The molecule has 1 aromatic carbocycles. The zero-order valence-electron chi connectivity index (χ0n) is 9.53. The molecule has 3 nitrogen and oxygen atoms in total. The van der Waals surface area contributed by atoms with Gasteiger partial charge in [-0.2, -0.15) is 0 Å². The van der Waals surface area contributed by atoms with Gasteiger partial charge in [-0.05, 0) is 44.1 Å². The van der Waals surface area contributed by atoms with Crippen molar-refractivity contribution in [2.75, 3.05) is 19.8 Å². The fourth-order valence-corrected chi connectivity index (χ4v) is 3.22. The van der Waals surface area contributed by atoms with Gasteiger partial charge in [0.2, 0.25) is 0 Å². The van der Waals surface area contributed by atoms with E-state index in [4.69, 9.17) is 5.73 Å². The van der Waals surface area contributed by atoms with Gasteiger partial charge in [0.05, 0.1) is 10.2 Å². The first kappa shape index (κ1) is 10.1. The molecule has 2 aromatic rings. The van der Waals surface area contributed by atoms with Crippen LogP contribution in [-0.2, 0) is 12.8 Å². The van der Waals surface area contributed by atoms with Crippen LogP contribution in [0.15, 0.2) is 12.1 Å². The van der Waals surface area contributed by atoms with Gasteiger partial charge in [-0.15, -0.1) is 0 Å². The molecule has 0 amide bonds. The Morgan fingerprint density at radius 2 is 2.19 bits per heavy atom. The van der Waals surface area contributed by atoms with Crippen LogP contribution in [0.25, 0.3) is 10.2 Å². The summed E-state index contributed by atoms with van der Waals surface area (Å²) in [7, 11) is 4.28. The minimum Gasteiger partial charge on any atom is -0.375 e. The number of aromatic nitrogens is 1. The molecule has 1 aliphatic rings. The average Bonchev–Trinajstić information content (AvgIpc) is 2.77. The molecule has 0 saturated carbocycles. The van der Waals surface area contributed by atoms with Gasteiger partial charge in [0.15, 0.2) is 5.13 Å². The van der Waals surface area contributed by atoms with E-state index in [0.29, 0.717) is 11.2 Å². The Morgan fingerprint density at radius 1 is 1.38 bits per heavy atom. The topological polar surface area (TPSA) is 42.1 Å². The van der Waals surface area contributed by atoms with E-state index in [0.717, 1.165) is 18.4 Å². The van der Waals surface area contributed by atoms with Crippen LogP contribution in [0.5, 0.6) is 0 Å². The van der Waals surface area contributed by atoms with E-state index in [9.17, 15) is 0 Å². The standard InChI is InChI=1S/C12H15N3S/c1-15(2)8-5-7-3-4-10-11(9(7)6-8)14-12(13)16-10/h3-4,8H,5-6H2,1-2H3,(H2,13,14). The van der Waals surface area contributed by atoms with Gasteiger partial charge in [0.1, 0.15) is 0 Å². The van der Waals surface area contributed by atoms with Crippen molar-refractivity contribution >= 4 is 26.7 Å². The molecule has 3 rings (SSSR count). The maximum absolute atomic E-state index is 5.78. The molecule has 4 heteroatoms. The van der Waals surface area contributed by atoms with Gasteiger partial charge in [0, 0.05) is 6.04 Å². The molecule has 16 heavy (non-hydrogen) atoms. The van der Waals surface area contributed by atoms with Gasteiger partial charge in [-0.25, -0.2) is 4.98 Å². The molecule has 0 aliphatic heterocycles. The molecule has 1 atom stereocenters. The summed E-state index contributed by atoms with van der Waals surface area (Å²) in [6.07, 6.45) is 2.23. The number of benzene rings is 1. The normalized spacial score (nSPS) is 19.6. The summed E-state index contributed by atoms with van der Waals surface area (Å²) in [5.41, 5.74) is 9.75. The number of thiazole rings is 1. The number of nitrogen functional groups attached to an aromatic ring is 1. The molecule has 1 heterocycles. The lowest BCUT2D eigenvalue weighted by molar-refractivity contribution is 0.304. The molecule has 0 spiro atoms. The molecule has 1 unspecified atom stereocenters. The fourth-order valence-electron chi connectivity index (χ4n) is 2.45. The highest BCUT2D eigenvalue weighted by Gasteiger charge is 2.25. The Kier molecular flexibility index (Phi) is 2.16. The van der Waals surface area contributed by atoms with E-state index in [-0.39, 0.29) is 0 Å². The maximum atomic E-state index is 5.78. The zero-order valence-corrected chi connectivity index (χ0v) is 10.3. The van der Waals surface area contributed by atoms with Crippen molar-refractivity contribution in [3.63, 3.8) is 0 Å². The van der Waals surface area contributed by atoms with E-state index in [1.54, 1.807) is 11.3 Å². The third-order valence-corrected chi connectivity index (χ3v) is 4.25. The van der Waals surface area contributed by atoms with Crippen LogP contribution in [0.4, 0.5) is 5.13 Å². The summed E-state index contributed by atoms with van der Waals surface area (Å²) >= 11 is 1.58. The molecule has 1 aromatic heterocycles. The summed E-state index contributed by atoms with van der Waals surface area (Å²) in [5, 5.41) is 0.678. The first-order valence-corrected chi connectivity index (χ1v) is 6.30. The predicted octanol–water partition coefficient (Wildman–Crippen LogP) is 1.91. The Bertz CT molecular complexity index is 544. The maximum Gasteiger partial charge on any atom is 0.181 e. The molecule has 84 valence electrons. The van der Waals surface area contributed by atoms with Crippen LogP contribution in [-0.4, -0.2) is 30.0 Å². The number of nitrogens with two attached hydrogens (primary N) is 1. The number of anilines is 1. The van der Waals surface area contributed by atoms with E-state index in [1.165, 1.54) is 15.8 Å². The predicted molar refractivity (Wildman–Crippen MR) is 68.9 cm³/mol. The number of nitrogens with zero attached hydrogens (tertiary/aromatic N) is 2. The number of fused-ring (bicyclic) bond motifs is 3. The lowest BCUT2D eigenvalue weighted by atomic mass is 10.1. The van der Waals surface area contributed by atoms with Gasteiger partial charge in [-0.1, -0.05) is 17.4 Å². The first-order chi connectivity index (χ1) is 7.65. The van der Waals surface area contributed by atoms with Crippen LogP contribution in [0, 0.1) is 0 Å². The molecular weight excluding hydrogens is 218 g/mol. The SMILES string of the molecule is CN(C)C1Cc2ccc3sc(N)nc3c2C1. The molecule has 0 bridgehead atoms. The van der Waals surface area contributed by atoms with Crippen molar-refractivity contribution in [1.29, 1.82) is 0 Å². The monoisotopic (exact) mass is 233 g/mol. The van der Waals surface area contributed by atoms with Crippen LogP contribution in [0.2, 0.25) is 0 Å². The lowest BCUT2D eigenvalue weighted by Crippen LogP contribution is -2.28. The number of hydrogen-bond acceptors (Lipinski definition) is 4. The minimum absolute atomic E-state index is 0.614. The average molecular weight is 233 g/mol. The van der Waals surface area contributed by atoms with Gasteiger partial charge in [-0.3, -0.25) is 0 Å². The third-order valence-electron chi connectivity index (χ3n) is 3.40. The number of likely N-dealkylation sites (N-methyl/N-ethyl adjacent to an activating group) is 1. The molecule has 1 aliphatic carbocycles. The Hall–Kier alpha value is -1.13. The van der Waals surface area contributed by atoms with E-state index >= 15 is 0 Å². The van der Waals surface area contributed by atoms with Crippen LogP contribution >= 0.6 is 11.3 Å². The number of rotatable bonds is 1. The summed E-state index contributed by atoms with van der Waals surface area (Å²) in [6.45, 7) is 0. The fraction of sp³-hybridized carbons (Fsp3) is 0.417. The molecular formula is C12H15N3S. The van der Waals surface area contributed by atoms with E-state index in [2.05, 4.69) is 36.1 Å². The quantitative estimate of drug-likeness (QED) is 0.818. The number of hydrogen-bond donors (Lipinski definition) is 1. The van der Waals surface area contributed by atoms with E-state index < -0.39 is 0 Å². The van der Waals surface area contributed by atoms with Crippen LogP contribution in [0.1, 0.15) is 11.1 Å². The van der Waals surface area contributed by atoms with Gasteiger partial charge >= 0.3 is 0 Å². The summed E-state index contributed by atoms with van der Waals surface area (Å²) < 4.78 is 1.22. The third kappa shape index (κ3) is 1.41. The Balaban J connectivity index is 2.13. The summed E-state index contributed by atoms with van der Waals surface area (Å²) in [6, 6.07) is 5.00. The van der Waals surface area contributed by atoms with E-state index in [1.807, 2.05) is 0 Å². The highest BCUT2D eigenvalue weighted by Crippen LogP contribution is 2.34. The first-order valence-electron chi connectivity index (χ1n) is 5.48. The van der Waals surface area contributed by atoms with Crippen LogP contribution < -0.4 is 5.73 Å². The van der Waals surface area contributed by atoms with Crippen molar-refractivity contribution in [2.45, 2.75) is 18.9 Å². The van der Waals surface area contributed by atoms with Crippen molar-refractivity contribution in [2.24, 2.45) is 0 Å². The minimum atomic E-state index is 0.614. The molecule has 0 radical (unpaired) electrons. The summed E-state index contributed by atoms with van der Waals surface area (Å²) in [4.78, 5) is 6.75. The van der Waals surface area contributed by atoms with Crippen molar-refractivity contribution in [3.05, 3.63) is 23.3 Å². The second-order valence-electron chi connectivity index (χ2n) is 4.63. The highest BCUT2D eigenvalue weighted by atomic mass is 32.1. The Morgan fingerprint density at radius 3 is 2.94 bits per heavy atom. The zero-order chi connectivity index (χ0) is 11.3. The second kappa shape index (κ2) is 3.43. The molecule has 2 N–H and O–H groups in total. The Labute approximate surface area is 98.9 Å². The van der Waals surface area contributed by atoms with Gasteiger partial charge < -0.3 is 10.6 Å². The smallest absolute Gasteiger partial charge is 0.181 e. The van der Waals surface area contributed by atoms with Crippen molar-refractivity contribution < 1.29 is 0 Å². The van der Waals surface area contributed by atoms with Crippen LogP contribution in [0.3, 0.4) is 0 Å². The lowest BCUT2D eigenvalue weighted by Gasteiger charge is -2.17. The van der Waals surface area contributed by atoms with Gasteiger partial charge in [0.25, 0.3) is 0 Å². The van der Waals surface area contributed by atoms with Crippen molar-refractivity contribution in [3.8, 4) is 0 Å². The summed E-state index contributed by atoms with van der Waals surface area (Å²) in [5.74, 6) is 0. The highest BCUT2D eigenvalue weighted by molar-refractivity contribution is 7.22.